The highest BCUT2D eigenvalue weighted by molar-refractivity contribution is 5.97. The summed E-state index contributed by atoms with van der Waals surface area (Å²) in [5.41, 5.74) is 5.88. The number of aromatic nitrogens is 2. The van der Waals surface area contributed by atoms with Crippen LogP contribution in [0.25, 0.3) is 11.0 Å². The molecule has 144 valence electrons. The zero-order valence-corrected chi connectivity index (χ0v) is 16.9. The van der Waals surface area contributed by atoms with Gasteiger partial charge >= 0.3 is 0 Å². The number of carbonyl (C=O) groups is 1. The van der Waals surface area contributed by atoms with Gasteiger partial charge in [-0.2, -0.15) is 0 Å². The Balaban J connectivity index is 1.89. The van der Waals surface area contributed by atoms with Crippen molar-refractivity contribution in [2.75, 3.05) is 23.3 Å². The molecular formula is C23H26N4O. The maximum absolute atomic E-state index is 12.6. The quantitative estimate of drug-likeness (QED) is 0.699. The van der Waals surface area contributed by atoms with Crippen LogP contribution >= 0.6 is 0 Å². The van der Waals surface area contributed by atoms with Gasteiger partial charge in [0.15, 0.2) is 5.78 Å². The van der Waals surface area contributed by atoms with Gasteiger partial charge in [0.1, 0.15) is 0 Å². The third-order valence-corrected chi connectivity index (χ3v) is 5.55. The van der Waals surface area contributed by atoms with Crippen LogP contribution < -0.4 is 10.2 Å². The van der Waals surface area contributed by atoms with E-state index < -0.39 is 0 Å². The molecule has 1 atom stereocenters. The second-order valence-electron chi connectivity index (χ2n) is 7.18. The third-order valence-electron chi connectivity index (χ3n) is 5.55. The van der Waals surface area contributed by atoms with Crippen LogP contribution in [0.1, 0.15) is 39.3 Å². The van der Waals surface area contributed by atoms with Crippen LogP contribution in [0, 0.1) is 0 Å². The molecule has 0 radical (unpaired) electrons. The first kappa shape index (κ1) is 18.3. The van der Waals surface area contributed by atoms with E-state index in [-0.39, 0.29) is 11.8 Å². The van der Waals surface area contributed by atoms with Crippen molar-refractivity contribution in [3.8, 4) is 0 Å². The summed E-state index contributed by atoms with van der Waals surface area (Å²) in [5, 5.41) is 3.33. The van der Waals surface area contributed by atoms with Crippen LogP contribution in [0.3, 0.4) is 0 Å². The van der Waals surface area contributed by atoms with Gasteiger partial charge in [-0.05, 0) is 57.5 Å². The average molecular weight is 374 g/mol. The summed E-state index contributed by atoms with van der Waals surface area (Å²) in [5.74, 6) is 0.854. The maximum atomic E-state index is 12.6. The smallest absolute Gasteiger partial charge is 0.209 e. The molecule has 0 saturated carbocycles. The molecule has 0 unspecified atom stereocenters. The highest BCUT2D eigenvalue weighted by atomic mass is 16.1. The number of nitrogens with one attached hydrogen (secondary N) is 1. The van der Waals surface area contributed by atoms with E-state index in [1.165, 1.54) is 5.69 Å². The summed E-state index contributed by atoms with van der Waals surface area (Å²) in [6.45, 7) is 9.86. The Morgan fingerprint density at radius 2 is 1.79 bits per heavy atom. The largest absolute Gasteiger partial charge is 0.372 e. The predicted molar refractivity (Wildman–Crippen MR) is 115 cm³/mol. The van der Waals surface area contributed by atoms with Gasteiger partial charge in [-0.1, -0.05) is 24.3 Å². The molecule has 1 aliphatic heterocycles. The predicted octanol–water partition coefficient (Wildman–Crippen LogP) is 4.76. The van der Waals surface area contributed by atoms with Crippen LogP contribution in [0.5, 0.6) is 0 Å². The van der Waals surface area contributed by atoms with Gasteiger partial charge in [0.2, 0.25) is 5.95 Å². The third kappa shape index (κ3) is 2.87. The van der Waals surface area contributed by atoms with Crippen molar-refractivity contribution in [1.29, 1.82) is 0 Å². The van der Waals surface area contributed by atoms with Crippen LogP contribution in [0.2, 0.25) is 0 Å². The van der Waals surface area contributed by atoms with E-state index >= 15 is 0 Å². The molecule has 0 amide bonds. The molecule has 2 heterocycles. The van der Waals surface area contributed by atoms with E-state index in [4.69, 9.17) is 4.98 Å². The number of benzene rings is 2. The first-order chi connectivity index (χ1) is 13.5. The molecule has 28 heavy (non-hydrogen) atoms. The molecule has 2 aromatic carbocycles. The summed E-state index contributed by atoms with van der Waals surface area (Å²) < 4.78 is 2.14. The number of nitrogens with zero attached hydrogens (tertiary/aromatic N) is 3. The van der Waals surface area contributed by atoms with Crippen molar-refractivity contribution in [1.82, 2.24) is 9.55 Å². The molecule has 1 aliphatic rings. The molecule has 1 aromatic heterocycles. The van der Waals surface area contributed by atoms with Gasteiger partial charge in [-0.15, -0.1) is 0 Å². The van der Waals surface area contributed by atoms with Crippen LogP contribution in [0.4, 0.5) is 11.6 Å². The standard InChI is InChI=1S/C23H26N4O/c1-5-26(6-2)18-13-11-17(12-14-18)22-21(16(4)28)15(3)24-23-25-19-9-7-8-10-20(19)27(22)23/h7-14,22H,5-6H2,1-4H3,(H,24,25)/t22-/m0/s1. The fraction of sp³-hybridized carbons (Fsp3) is 0.304. The Bertz CT molecular complexity index is 1060. The van der Waals surface area contributed by atoms with E-state index in [9.17, 15) is 4.79 Å². The number of anilines is 2. The van der Waals surface area contributed by atoms with Crippen LogP contribution in [-0.4, -0.2) is 28.4 Å². The van der Waals surface area contributed by atoms with E-state index in [1.54, 1.807) is 6.92 Å². The lowest BCUT2D eigenvalue weighted by Crippen LogP contribution is -2.27. The molecule has 0 saturated heterocycles. The fourth-order valence-electron chi connectivity index (χ4n) is 4.19. The van der Waals surface area contributed by atoms with Gasteiger partial charge in [0.05, 0.1) is 17.1 Å². The Kier molecular flexibility index (Phi) is 4.67. The average Bonchev–Trinajstić information content (AvgIpc) is 3.06. The highest BCUT2D eigenvalue weighted by Crippen LogP contribution is 2.39. The zero-order valence-electron chi connectivity index (χ0n) is 16.9. The van der Waals surface area contributed by atoms with Gasteiger partial charge in [0.25, 0.3) is 0 Å². The van der Waals surface area contributed by atoms with Gasteiger partial charge in [0, 0.05) is 30.0 Å². The zero-order chi connectivity index (χ0) is 19.8. The maximum Gasteiger partial charge on any atom is 0.209 e. The number of hydrogen-bond acceptors (Lipinski definition) is 4. The van der Waals surface area contributed by atoms with E-state index in [1.807, 2.05) is 25.1 Å². The molecule has 0 spiro atoms. The number of allylic oxidation sites excluding steroid dienone is 2. The second-order valence-corrected chi connectivity index (χ2v) is 7.18. The first-order valence-electron chi connectivity index (χ1n) is 9.85. The molecule has 4 rings (SSSR count). The van der Waals surface area contributed by atoms with E-state index in [0.29, 0.717) is 0 Å². The lowest BCUT2D eigenvalue weighted by molar-refractivity contribution is -0.114. The Morgan fingerprint density at radius 1 is 1.11 bits per heavy atom. The van der Waals surface area contributed by atoms with Crippen molar-refractivity contribution >= 4 is 28.5 Å². The van der Waals surface area contributed by atoms with E-state index in [0.717, 1.165) is 46.9 Å². The number of imidazole rings is 1. The van der Waals surface area contributed by atoms with Crippen molar-refractivity contribution in [3.63, 3.8) is 0 Å². The lowest BCUT2D eigenvalue weighted by atomic mass is 9.92. The molecule has 0 bridgehead atoms. The number of rotatable bonds is 5. The SMILES string of the molecule is CCN(CC)c1ccc([C@H]2C(C(C)=O)=C(C)Nc3nc4ccccc4n32)cc1. The summed E-state index contributed by atoms with van der Waals surface area (Å²) in [7, 11) is 0. The van der Waals surface area contributed by atoms with Crippen molar-refractivity contribution in [2.24, 2.45) is 0 Å². The summed E-state index contributed by atoms with van der Waals surface area (Å²) in [4.78, 5) is 19.6. The minimum atomic E-state index is -0.188. The summed E-state index contributed by atoms with van der Waals surface area (Å²) in [6.07, 6.45) is 0. The summed E-state index contributed by atoms with van der Waals surface area (Å²) in [6, 6.07) is 16.4. The molecule has 0 fully saturated rings. The highest BCUT2D eigenvalue weighted by Gasteiger charge is 2.32. The van der Waals surface area contributed by atoms with Crippen molar-refractivity contribution < 1.29 is 4.79 Å². The molecule has 0 aliphatic carbocycles. The minimum Gasteiger partial charge on any atom is -0.372 e. The van der Waals surface area contributed by atoms with Gasteiger partial charge in [-0.3, -0.25) is 9.36 Å². The fourth-order valence-corrected chi connectivity index (χ4v) is 4.19. The van der Waals surface area contributed by atoms with Crippen LogP contribution in [0.15, 0.2) is 59.8 Å². The monoisotopic (exact) mass is 374 g/mol. The number of carbonyl (C=O) groups excluding carboxylic acids is 1. The Labute approximate surface area is 165 Å². The molecule has 5 nitrogen and oxygen atoms in total. The minimum absolute atomic E-state index is 0.0752. The molecular weight excluding hydrogens is 348 g/mol. The van der Waals surface area contributed by atoms with Crippen molar-refractivity contribution in [2.45, 2.75) is 33.7 Å². The van der Waals surface area contributed by atoms with Crippen molar-refractivity contribution in [3.05, 3.63) is 65.4 Å². The van der Waals surface area contributed by atoms with Gasteiger partial charge in [-0.25, -0.2) is 4.98 Å². The number of Topliss-reactive ketones (excluding diaryl/α,β-unsaturated/α-hetero) is 1. The summed E-state index contributed by atoms with van der Waals surface area (Å²) >= 11 is 0. The van der Waals surface area contributed by atoms with E-state index in [2.05, 4.69) is 59.0 Å². The number of para-hydroxylation sites is 2. The Hall–Kier alpha value is -3.08. The van der Waals surface area contributed by atoms with Gasteiger partial charge < -0.3 is 10.2 Å². The first-order valence-corrected chi connectivity index (χ1v) is 9.85. The molecule has 5 heteroatoms. The Morgan fingerprint density at radius 3 is 2.43 bits per heavy atom. The molecule has 1 N–H and O–H groups in total. The molecule has 3 aromatic rings. The van der Waals surface area contributed by atoms with Crippen LogP contribution in [-0.2, 0) is 4.79 Å². The number of hydrogen-bond donors (Lipinski definition) is 1. The number of ketones is 1. The second kappa shape index (κ2) is 7.15. The normalized spacial score (nSPS) is 16.1. The topological polar surface area (TPSA) is 50.2 Å². The number of fused-ring (bicyclic) bond motifs is 3. The lowest BCUT2D eigenvalue weighted by Gasteiger charge is -2.30.